The number of hydrogen-bond acceptors (Lipinski definition) is 7. The fourth-order valence-electron chi connectivity index (χ4n) is 2.79. The molecule has 2 heterocycles. The first-order chi connectivity index (χ1) is 14.1. The van der Waals surface area contributed by atoms with Gasteiger partial charge in [0, 0.05) is 23.1 Å². The third-order valence-corrected chi connectivity index (χ3v) is 5.82. The van der Waals surface area contributed by atoms with Gasteiger partial charge < -0.3 is 9.64 Å². The summed E-state index contributed by atoms with van der Waals surface area (Å²) < 4.78 is 7.01. The first-order valence-corrected chi connectivity index (χ1v) is 10.5. The van der Waals surface area contributed by atoms with E-state index in [1.165, 1.54) is 16.2 Å². The van der Waals surface area contributed by atoms with Crippen LogP contribution in [0.5, 0.6) is 0 Å². The number of halogens is 1. The molecular formula is C20H16BrN3O4S. The topological polar surface area (TPSA) is 81.1 Å². The van der Waals surface area contributed by atoms with E-state index in [-0.39, 0.29) is 11.5 Å². The summed E-state index contributed by atoms with van der Waals surface area (Å²) in [6.45, 7) is 1.74. The molecule has 1 aliphatic rings. The highest BCUT2D eigenvalue weighted by molar-refractivity contribution is 9.10. The molecule has 0 spiro atoms. The molecule has 1 fully saturated rings. The Morgan fingerprint density at radius 2 is 1.90 bits per heavy atom. The van der Waals surface area contributed by atoms with E-state index in [4.69, 9.17) is 9.57 Å². The Balaban J connectivity index is 1.68. The molecule has 7 nitrogen and oxygen atoms in total. The van der Waals surface area contributed by atoms with Gasteiger partial charge in [-0.1, -0.05) is 51.4 Å². The molecule has 0 unspecified atom stereocenters. The average Bonchev–Trinajstić information content (AvgIpc) is 3.17. The quantitative estimate of drug-likeness (QED) is 0.246. The van der Waals surface area contributed by atoms with Crippen molar-refractivity contribution in [1.82, 2.24) is 9.88 Å². The molecule has 1 amide bonds. The Kier molecular flexibility index (Phi) is 5.98. The number of hydrogen-bond donors (Lipinski definition) is 0. The monoisotopic (exact) mass is 473 g/mol. The van der Waals surface area contributed by atoms with Gasteiger partial charge in [0.05, 0.1) is 23.4 Å². The lowest BCUT2D eigenvalue weighted by atomic mass is 10.1. The molecular weight excluding hydrogens is 458 g/mol. The van der Waals surface area contributed by atoms with E-state index in [0.29, 0.717) is 36.9 Å². The zero-order valence-electron chi connectivity index (χ0n) is 15.2. The van der Waals surface area contributed by atoms with Gasteiger partial charge >= 0.3 is 6.09 Å². The number of thiazole rings is 1. The second-order valence-electron chi connectivity index (χ2n) is 6.22. The minimum Gasteiger partial charge on any atom is -0.378 e. The standard InChI is InChI=1S/C20H16BrN3O4S/c21-14-6-7-16-15(12-14)22-19(29-16)17(18(25)13-4-2-1-3-5-13)23-28-20(26)24-8-10-27-11-9-24/h1-7,12H,8-11H2. The number of aromatic nitrogens is 1. The van der Waals surface area contributed by atoms with E-state index >= 15 is 0 Å². The van der Waals surface area contributed by atoms with Crippen LogP contribution >= 0.6 is 27.3 Å². The number of oxime groups is 1. The fraction of sp³-hybridized carbons (Fsp3) is 0.200. The van der Waals surface area contributed by atoms with E-state index in [1.54, 1.807) is 24.3 Å². The number of ether oxygens (including phenoxy) is 1. The lowest BCUT2D eigenvalue weighted by Gasteiger charge is -2.24. The van der Waals surface area contributed by atoms with Crippen molar-refractivity contribution in [1.29, 1.82) is 0 Å². The van der Waals surface area contributed by atoms with Crippen LogP contribution in [0.3, 0.4) is 0 Å². The van der Waals surface area contributed by atoms with Crippen molar-refractivity contribution in [3.63, 3.8) is 0 Å². The lowest BCUT2D eigenvalue weighted by Crippen LogP contribution is -2.40. The van der Waals surface area contributed by atoms with Crippen LogP contribution in [-0.2, 0) is 9.57 Å². The molecule has 148 valence electrons. The zero-order chi connectivity index (χ0) is 20.2. The average molecular weight is 474 g/mol. The maximum Gasteiger partial charge on any atom is 0.436 e. The highest BCUT2D eigenvalue weighted by Gasteiger charge is 2.24. The summed E-state index contributed by atoms with van der Waals surface area (Å²) in [5.41, 5.74) is 1.16. The van der Waals surface area contributed by atoms with Gasteiger partial charge in [-0.25, -0.2) is 9.78 Å². The van der Waals surface area contributed by atoms with Crippen molar-refractivity contribution in [3.05, 3.63) is 63.6 Å². The molecule has 4 rings (SSSR count). The van der Waals surface area contributed by atoms with E-state index in [0.717, 1.165) is 14.7 Å². The molecule has 0 aliphatic carbocycles. The molecule has 0 atom stereocenters. The van der Waals surface area contributed by atoms with E-state index in [9.17, 15) is 9.59 Å². The summed E-state index contributed by atoms with van der Waals surface area (Å²) in [7, 11) is 0. The van der Waals surface area contributed by atoms with Gasteiger partial charge in [0.15, 0.2) is 10.7 Å². The smallest absolute Gasteiger partial charge is 0.378 e. The predicted molar refractivity (Wildman–Crippen MR) is 114 cm³/mol. The van der Waals surface area contributed by atoms with Gasteiger partial charge in [0.1, 0.15) is 0 Å². The van der Waals surface area contributed by atoms with Crippen LogP contribution in [-0.4, -0.2) is 53.8 Å². The Labute approximate surface area is 179 Å². The summed E-state index contributed by atoms with van der Waals surface area (Å²) in [6.07, 6.45) is -0.615. The number of benzene rings is 2. The molecule has 1 aromatic heterocycles. The van der Waals surface area contributed by atoms with E-state index in [1.807, 2.05) is 24.3 Å². The summed E-state index contributed by atoms with van der Waals surface area (Å²) in [4.78, 5) is 36.5. The summed E-state index contributed by atoms with van der Waals surface area (Å²) in [6, 6.07) is 14.4. The fourth-order valence-corrected chi connectivity index (χ4v) is 4.07. The molecule has 0 saturated carbocycles. The van der Waals surface area contributed by atoms with Crippen molar-refractivity contribution in [2.75, 3.05) is 26.3 Å². The molecule has 29 heavy (non-hydrogen) atoms. The van der Waals surface area contributed by atoms with Crippen LogP contribution in [0.25, 0.3) is 10.2 Å². The maximum absolute atomic E-state index is 13.1. The normalized spacial score (nSPS) is 14.8. The SMILES string of the molecule is O=C(C(=NOC(=O)N1CCOCC1)c1nc2cc(Br)ccc2s1)c1ccccc1. The number of carbonyl (C=O) groups excluding carboxylic acids is 2. The van der Waals surface area contributed by atoms with Crippen molar-refractivity contribution in [2.24, 2.45) is 5.16 Å². The van der Waals surface area contributed by atoms with Gasteiger partial charge in [-0.3, -0.25) is 9.63 Å². The van der Waals surface area contributed by atoms with Gasteiger partial charge in [0.2, 0.25) is 5.78 Å². The van der Waals surface area contributed by atoms with Gasteiger partial charge in [-0.05, 0) is 18.2 Å². The van der Waals surface area contributed by atoms with Crippen LogP contribution in [0.15, 0.2) is 58.2 Å². The molecule has 3 aromatic rings. The molecule has 2 aromatic carbocycles. The predicted octanol–water partition coefficient (Wildman–Crippen LogP) is 4.11. The van der Waals surface area contributed by atoms with Crippen LogP contribution < -0.4 is 0 Å². The van der Waals surface area contributed by atoms with Crippen LogP contribution in [0.2, 0.25) is 0 Å². The number of ketones is 1. The molecule has 9 heteroatoms. The number of carbonyl (C=O) groups is 2. The molecule has 0 bridgehead atoms. The first kappa shape index (κ1) is 19.7. The van der Waals surface area contributed by atoms with Crippen molar-refractivity contribution in [3.8, 4) is 0 Å². The first-order valence-electron chi connectivity index (χ1n) is 8.90. The van der Waals surface area contributed by atoms with Crippen LogP contribution in [0.1, 0.15) is 15.4 Å². The maximum atomic E-state index is 13.1. The Morgan fingerprint density at radius 1 is 1.14 bits per heavy atom. The van der Waals surface area contributed by atoms with Crippen molar-refractivity contribution >= 4 is 55.1 Å². The third-order valence-electron chi connectivity index (χ3n) is 4.29. The molecule has 0 N–H and O–H groups in total. The molecule has 1 aliphatic heterocycles. The van der Waals surface area contributed by atoms with Crippen molar-refractivity contribution < 1.29 is 19.2 Å². The number of fused-ring (bicyclic) bond motifs is 1. The highest BCUT2D eigenvalue weighted by atomic mass is 79.9. The summed E-state index contributed by atoms with van der Waals surface area (Å²) >= 11 is 4.74. The Hall–Kier alpha value is -2.62. The third kappa shape index (κ3) is 4.52. The summed E-state index contributed by atoms with van der Waals surface area (Å²) in [5, 5.41) is 4.32. The van der Waals surface area contributed by atoms with Gasteiger partial charge in [-0.15, -0.1) is 11.3 Å². The second-order valence-corrected chi connectivity index (χ2v) is 8.17. The number of amides is 1. The Bertz CT molecular complexity index is 1080. The zero-order valence-corrected chi connectivity index (χ0v) is 17.6. The molecule has 0 radical (unpaired) electrons. The number of morpholine rings is 1. The Morgan fingerprint density at radius 3 is 2.66 bits per heavy atom. The van der Waals surface area contributed by atoms with Crippen molar-refractivity contribution in [2.45, 2.75) is 0 Å². The lowest BCUT2D eigenvalue weighted by molar-refractivity contribution is 0.0279. The minimum absolute atomic E-state index is 0.00451. The summed E-state index contributed by atoms with van der Waals surface area (Å²) in [5.74, 6) is -0.363. The second kappa shape index (κ2) is 8.81. The van der Waals surface area contributed by atoms with Crippen LogP contribution in [0, 0.1) is 0 Å². The van der Waals surface area contributed by atoms with Gasteiger partial charge in [-0.2, -0.15) is 0 Å². The van der Waals surface area contributed by atoms with E-state index in [2.05, 4.69) is 26.1 Å². The number of nitrogens with zero attached hydrogens (tertiary/aromatic N) is 3. The van der Waals surface area contributed by atoms with E-state index < -0.39 is 6.09 Å². The molecule has 1 saturated heterocycles. The number of rotatable bonds is 4. The number of Topliss-reactive ketones (excluding diaryl/α,β-unsaturated/α-hetero) is 1. The van der Waals surface area contributed by atoms with Crippen LogP contribution in [0.4, 0.5) is 4.79 Å². The van der Waals surface area contributed by atoms with Gasteiger partial charge in [0.25, 0.3) is 0 Å². The largest absolute Gasteiger partial charge is 0.436 e. The minimum atomic E-state index is -0.615. The highest BCUT2D eigenvalue weighted by Crippen LogP contribution is 2.26.